The van der Waals surface area contributed by atoms with Crippen molar-refractivity contribution in [1.82, 2.24) is 14.5 Å². The number of alkyl halides is 3. The summed E-state index contributed by atoms with van der Waals surface area (Å²) in [6.45, 7) is 0.330. The molecule has 0 saturated carbocycles. The van der Waals surface area contributed by atoms with Crippen molar-refractivity contribution in [2.75, 3.05) is 7.11 Å². The summed E-state index contributed by atoms with van der Waals surface area (Å²) in [5.41, 5.74) is -3.67. The molecule has 11 heteroatoms. The van der Waals surface area contributed by atoms with E-state index in [9.17, 15) is 21.6 Å². The molecule has 3 heterocycles. The van der Waals surface area contributed by atoms with Crippen LogP contribution >= 0.6 is 0 Å². The molecule has 0 amide bonds. The van der Waals surface area contributed by atoms with Crippen molar-refractivity contribution in [1.29, 1.82) is 0 Å². The lowest BCUT2D eigenvalue weighted by atomic mass is 10.2. The minimum absolute atomic E-state index is 0.267. The Bertz CT molecular complexity index is 1330. The van der Waals surface area contributed by atoms with Crippen LogP contribution in [0.15, 0.2) is 54.9 Å². The van der Waals surface area contributed by atoms with Gasteiger partial charge < -0.3 is 13.5 Å². The Morgan fingerprint density at radius 1 is 1.03 bits per heavy atom. The SMILES string of the molecule is COc1ccc(Cn2c3ccncc3c3ccc(OS(=O)(=O)C(F)(F)F)nc32)cc1. The molecule has 0 atom stereocenters. The molecule has 0 radical (unpaired) electrons. The maximum Gasteiger partial charge on any atom is 0.534 e. The molecule has 156 valence electrons. The molecule has 4 rings (SSSR count). The molecule has 3 aromatic heterocycles. The molecular weight excluding hydrogens is 423 g/mol. The Morgan fingerprint density at radius 2 is 1.77 bits per heavy atom. The second-order valence-electron chi connectivity index (χ2n) is 6.33. The minimum atomic E-state index is -5.83. The van der Waals surface area contributed by atoms with Crippen LogP contribution in [0, 0.1) is 0 Å². The largest absolute Gasteiger partial charge is 0.534 e. The van der Waals surface area contributed by atoms with Crippen molar-refractivity contribution < 1.29 is 30.5 Å². The predicted molar refractivity (Wildman–Crippen MR) is 103 cm³/mol. The van der Waals surface area contributed by atoms with Crippen LogP contribution in [0.3, 0.4) is 0 Å². The van der Waals surface area contributed by atoms with Crippen LogP contribution in [0.1, 0.15) is 5.56 Å². The predicted octanol–water partition coefficient (Wildman–Crippen LogP) is 3.87. The Balaban J connectivity index is 1.84. The van der Waals surface area contributed by atoms with E-state index < -0.39 is 21.5 Å². The number of ether oxygens (including phenoxy) is 1. The van der Waals surface area contributed by atoms with Crippen molar-refractivity contribution >= 4 is 32.1 Å². The Kier molecular flexibility index (Phi) is 4.77. The van der Waals surface area contributed by atoms with Gasteiger partial charge in [-0.25, -0.2) is 0 Å². The smallest absolute Gasteiger partial charge is 0.497 e. The zero-order valence-corrected chi connectivity index (χ0v) is 16.2. The van der Waals surface area contributed by atoms with Crippen molar-refractivity contribution in [3.8, 4) is 11.6 Å². The van der Waals surface area contributed by atoms with E-state index in [1.54, 1.807) is 42.3 Å². The van der Waals surface area contributed by atoms with E-state index in [4.69, 9.17) is 4.74 Å². The second kappa shape index (κ2) is 7.17. The molecule has 1 aromatic carbocycles. The van der Waals surface area contributed by atoms with E-state index >= 15 is 0 Å². The average molecular weight is 437 g/mol. The highest BCUT2D eigenvalue weighted by molar-refractivity contribution is 7.87. The van der Waals surface area contributed by atoms with Gasteiger partial charge in [-0.15, -0.1) is 0 Å². The third-order valence-corrected chi connectivity index (χ3v) is 5.42. The third kappa shape index (κ3) is 3.52. The van der Waals surface area contributed by atoms with Gasteiger partial charge in [0.05, 0.1) is 12.6 Å². The Morgan fingerprint density at radius 3 is 2.43 bits per heavy atom. The van der Waals surface area contributed by atoms with Gasteiger partial charge in [-0.05, 0) is 29.8 Å². The van der Waals surface area contributed by atoms with Crippen LogP contribution < -0.4 is 8.92 Å². The monoisotopic (exact) mass is 437 g/mol. The van der Waals surface area contributed by atoms with Gasteiger partial charge in [0.2, 0.25) is 5.88 Å². The maximum absolute atomic E-state index is 12.7. The topological polar surface area (TPSA) is 83.3 Å². The van der Waals surface area contributed by atoms with Gasteiger partial charge in [0.15, 0.2) is 0 Å². The lowest BCUT2D eigenvalue weighted by molar-refractivity contribution is -0.0501. The number of rotatable bonds is 5. The van der Waals surface area contributed by atoms with E-state index in [1.165, 1.54) is 6.07 Å². The highest BCUT2D eigenvalue weighted by Gasteiger charge is 2.48. The van der Waals surface area contributed by atoms with Crippen molar-refractivity contribution in [3.05, 3.63) is 60.4 Å². The molecule has 0 aliphatic rings. The van der Waals surface area contributed by atoms with E-state index in [1.807, 2.05) is 12.1 Å². The number of fused-ring (bicyclic) bond motifs is 3. The fourth-order valence-corrected chi connectivity index (χ4v) is 3.48. The maximum atomic E-state index is 12.7. The molecule has 0 unspecified atom stereocenters. The zero-order valence-electron chi connectivity index (χ0n) is 15.4. The van der Waals surface area contributed by atoms with Gasteiger partial charge >= 0.3 is 15.6 Å². The fourth-order valence-electron chi connectivity index (χ4n) is 3.07. The Hall–Kier alpha value is -3.34. The standard InChI is InChI=1S/C19H14F3N3O4S/c1-28-13-4-2-12(3-5-13)11-25-16-8-9-23-10-15(16)14-6-7-17(24-18(14)25)29-30(26,27)19(20,21)22/h2-10H,11H2,1H3. The van der Waals surface area contributed by atoms with Crippen molar-refractivity contribution in [2.45, 2.75) is 12.1 Å². The molecule has 0 bridgehead atoms. The summed E-state index contributed by atoms with van der Waals surface area (Å²) in [5, 5.41) is 1.32. The van der Waals surface area contributed by atoms with E-state index in [2.05, 4.69) is 14.2 Å². The van der Waals surface area contributed by atoms with Gasteiger partial charge in [0.1, 0.15) is 11.4 Å². The van der Waals surface area contributed by atoms with Crippen molar-refractivity contribution in [2.24, 2.45) is 0 Å². The molecule has 7 nitrogen and oxygen atoms in total. The lowest BCUT2D eigenvalue weighted by Crippen LogP contribution is -2.28. The number of benzene rings is 1. The molecule has 0 saturated heterocycles. The van der Waals surface area contributed by atoms with E-state index in [0.717, 1.165) is 22.5 Å². The summed E-state index contributed by atoms with van der Waals surface area (Å²) in [6.07, 6.45) is 3.19. The average Bonchev–Trinajstić information content (AvgIpc) is 3.01. The molecule has 0 spiro atoms. The van der Waals surface area contributed by atoms with Gasteiger partial charge in [-0.2, -0.15) is 26.6 Å². The van der Waals surface area contributed by atoms with Crippen LogP contribution in [-0.4, -0.2) is 35.6 Å². The molecular formula is C19H14F3N3O4S. The van der Waals surface area contributed by atoms with Gasteiger partial charge in [-0.1, -0.05) is 12.1 Å². The van der Waals surface area contributed by atoms with Crippen LogP contribution in [0.4, 0.5) is 13.2 Å². The number of nitrogens with zero attached hydrogens (tertiary/aromatic N) is 3. The third-order valence-electron chi connectivity index (χ3n) is 4.46. The van der Waals surface area contributed by atoms with Crippen LogP contribution in [0.5, 0.6) is 11.6 Å². The molecule has 0 aliphatic heterocycles. The summed E-state index contributed by atoms with van der Waals surface area (Å²) < 4.78 is 71.8. The fraction of sp³-hybridized carbons (Fsp3) is 0.158. The first-order valence-corrected chi connectivity index (χ1v) is 9.97. The first kappa shape index (κ1) is 20.0. The number of hydrogen-bond acceptors (Lipinski definition) is 6. The first-order valence-electron chi connectivity index (χ1n) is 8.56. The van der Waals surface area contributed by atoms with Gasteiger partial charge in [-0.3, -0.25) is 4.98 Å². The molecule has 0 N–H and O–H groups in total. The number of halogens is 3. The zero-order chi connectivity index (χ0) is 21.5. The normalized spacial score (nSPS) is 12.4. The number of methoxy groups -OCH3 is 1. The van der Waals surface area contributed by atoms with Crippen LogP contribution in [0.2, 0.25) is 0 Å². The summed E-state index contributed by atoms with van der Waals surface area (Å²) in [5.74, 6) is 0.00270. The molecule has 0 aliphatic carbocycles. The van der Waals surface area contributed by atoms with Crippen LogP contribution in [-0.2, 0) is 16.7 Å². The molecule has 30 heavy (non-hydrogen) atoms. The highest BCUT2D eigenvalue weighted by atomic mass is 32.2. The minimum Gasteiger partial charge on any atom is -0.497 e. The molecule has 4 aromatic rings. The highest BCUT2D eigenvalue weighted by Crippen LogP contribution is 2.31. The van der Waals surface area contributed by atoms with Crippen LogP contribution in [0.25, 0.3) is 21.9 Å². The first-order chi connectivity index (χ1) is 14.2. The Labute approximate surface area is 168 Å². The summed E-state index contributed by atoms with van der Waals surface area (Å²) in [7, 11) is -4.28. The second-order valence-corrected chi connectivity index (χ2v) is 7.87. The molecule has 0 fully saturated rings. The number of hydrogen-bond donors (Lipinski definition) is 0. The van der Waals surface area contributed by atoms with Gasteiger partial charge in [0, 0.05) is 35.8 Å². The van der Waals surface area contributed by atoms with E-state index in [-0.39, 0.29) is 5.65 Å². The van der Waals surface area contributed by atoms with Crippen molar-refractivity contribution in [3.63, 3.8) is 0 Å². The lowest BCUT2D eigenvalue weighted by Gasteiger charge is -2.10. The number of pyridine rings is 2. The summed E-state index contributed by atoms with van der Waals surface area (Å²) >= 11 is 0. The number of aromatic nitrogens is 3. The summed E-state index contributed by atoms with van der Waals surface area (Å²) in [4.78, 5) is 8.14. The quantitative estimate of drug-likeness (QED) is 0.348. The summed E-state index contributed by atoms with van der Waals surface area (Å²) in [6, 6.07) is 11.5. The van der Waals surface area contributed by atoms with E-state index in [0.29, 0.717) is 17.7 Å². The van der Waals surface area contributed by atoms with Gasteiger partial charge in [0.25, 0.3) is 0 Å².